The average molecular weight is 192 g/mol. The predicted octanol–water partition coefficient (Wildman–Crippen LogP) is 0.644. The van der Waals surface area contributed by atoms with Crippen molar-refractivity contribution >= 4 is 0 Å². The Morgan fingerprint density at radius 3 is 2.64 bits per heavy atom. The van der Waals surface area contributed by atoms with Crippen molar-refractivity contribution in [3.8, 4) is 11.8 Å². The molecule has 0 saturated carbocycles. The summed E-state index contributed by atoms with van der Waals surface area (Å²) in [7, 11) is 0. The van der Waals surface area contributed by atoms with Crippen LogP contribution in [0, 0.1) is 11.3 Å². The minimum absolute atomic E-state index is 0.00241. The fraction of sp³-hybridized carbons (Fsp3) is 0.300. The van der Waals surface area contributed by atoms with Crippen molar-refractivity contribution in [3.05, 3.63) is 29.3 Å². The van der Waals surface area contributed by atoms with Gasteiger partial charge in [0.15, 0.2) is 0 Å². The van der Waals surface area contributed by atoms with Crippen LogP contribution in [0.3, 0.4) is 0 Å². The Kier molecular flexibility index (Phi) is 3.07. The van der Waals surface area contributed by atoms with Crippen LogP contribution in [0.1, 0.15) is 24.1 Å². The number of phenolic OH excluding ortho intramolecular Hbond substituents is 1. The Morgan fingerprint density at radius 1 is 1.50 bits per heavy atom. The zero-order valence-electron chi connectivity index (χ0n) is 7.81. The van der Waals surface area contributed by atoms with Gasteiger partial charge in [-0.2, -0.15) is 5.26 Å². The quantitative estimate of drug-likeness (QED) is 0.641. The molecule has 4 heteroatoms. The zero-order valence-corrected chi connectivity index (χ0v) is 7.81. The van der Waals surface area contributed by atoms with Gasteiger partial charge in [0, 0.05) is 5.56 Å². The van der Waals surface area contributed by atoms with E-state index < -0.39 is 12.1 Å². The molecule has 14 heavy (non-hydrogen) atoms. The second-order valence-electron chi connectivity index (χ2n) is 3.15. The molecular weight excluding hydrogens is 180 g/mol. The van der Waals surface area contributed by atoms with E-state index in [0.717, 1.165) is 0 Å². The van der Waals surface area contributed by atoms with Gasteiger partial charge in [-0.15, -0.1) is 0 Å². The minimum atomic E-state index is -0.769. The third-order valence-corrected chi connectivity index (χ3v) is 2.04. The third-order valence-electron chi connectivity index (χ3n) is 2.04. The summed E-state index contributed by atoms with van der Waals surface area (Å²) in [6.45, 7) is 1.53. The van der Waals surface area contributed by atoms with E-state index in [4.69, 9.17) is 11.0 Å². The summed E-state index contributed by atoms with van der Waals surface area (Å²) in [5.74, 6) is -0.00241. The average Bonchev–Trinajstić information content (AvgIpc) is 2.17. The van der Waals surface area contributed by atoms with Gasteiger partial charge in [-0.05, 0) is 25.1 Å². The van der Waals surface area contributed by atoms with Crippen LogP contribution in [0.15, 0.2) is 18.2 Å². The maximum absolute atomic E-state index is 9.45. The molecule has 0 spiro atoms. The van der Waals surface area contributed by atoms with Crippen molar-refractivity contribution in [2.24, 2.45) is 5.73 Å². The van der Waals surface area contributed by atoms with Crippen LogP contribution < -0.4 is 5.73 Å². The molecule has 4 nitrogen and oxygen atoms in total. The number of hydrogen-bond acceptors (Lipinski definition) is 4. The van der Waals surface area contributed by atoms with E-state index >= 15 is 0 Å². The van der Waals surface area contributed by atoms with E-state index in [1.807, 2.05) is 6.07 Å². The summed E-state index contributed by atoms with van der Waals surface area (Å²) < 4.78 is 0. The molecule has 0 aliphatic carbocycles. The molecule has 1 aromatic carbocycles. The largest absolute Gasteiger partial charge is 0.508 e. The summed E-state index contributed by atoms with van der Waals surface area (Å²) >= 11 is 0. The Bertz CT molecular complexity index is 369. The van der Waals surface area contributed by atoms with Gasteiger partial charge in [0.25, 0.3) is 0 Å². The summed E-state index contributed by atoms with van der Waals surface area (Å²) in [6.07, 6.45) is -0.769. The Labute approximate surface area is 82.2 Å². The first kappa shape index (κ1) is 10.5. The van der Waals surface area contributed by atoms with Crippen molar-refractivity contribution in [1.29, 1.82) is 5.26 Å². The number of aliphatic hydroxyl groups is 1. The smallest absolute Gasteiger partial charge is 0.120 e. The van der Waals surface area contributed by atoms with E-state index in [1.54, 1.807) is 0 Å². The Balaban J connectivity index is 3.13. The first-order valence-electron chi connectivity index (χ1n) is 4.23. The molecule has 74 valence electrons. The predicted molar refractivity (Wildman–Crippen MR) is 51.4 cm³/mol. The number of nitrogens with two attached hydrogens (primary N) is 1. The normalized spacial score (nSPS) is 14.4. The lowest BCUT2D eigenvalue weighted by atomic mass is 10.0. The number of nitriles is 1. The highest BCUT2D eigenvalue weighted by molar-refractivity contribution is 5.43. The van der Waals surface area contributed by atoms with Crippen LogP contribution >= 0.6 is 0 Å². The minimum Gasteiger partial charge on any atom is -0.508 e. The molecule has 0 aliphatic rings. The van der Waals surface area contributed by atoms with Crippen LogP contribution in [0.25, 0.3) is 0 Å². The van der Waals surface area contributed by atoms with E-state index in [9.17, 15) is 10.2 Å². The van der Waals surface area contributed by atoms with E-state index in [-0.39, 0.29) is 5.75 Å². The Morgan fingerprint density at radius 2 is 2.14 bits per heavy atom. The van der Waals surface area contributed by atoms with E-state index in [2.05, 4.69) is 0 Å². The van der Waals surface area contributed by atoms with Gasteiger partial charge in [-0.1, -0.05) is 0 Å². The maximum Gasteiger partial charge on any atom is 0.120 e. The zero-order chi connectivity index (χ0) is 10.7. The fourth-order valence-corrected chi connectivity index (χ4v) is 1.15. The topological polar surface area (TPSA) is 90.3 Å². The lowest BCUT2D eigenvalue weighted by Gasteiger charge is -2.16. The number of aromatic hydroxyl groups is 1. The number of phenols is 1. The monoisotopic (exact) mass is 192 g/mol. The maximum atomic E-state index is 9.45. The molecule has 2 unspecified atom stereocenters. The molecule has 0 aromatic heterocycles. The first-order valence-corrected chi connectivity index (χ1v) is 4.23. The van der Waals surface area contributed by atoms with Gasteiger partial charge in [-0.25, -0.2) is 0 Å². The number of aliphatic hydroxyl groups excluding tert-OH is 1. The van der Waals surface area contributed by atoms with Gasteiger partial charge in [0.2, 0.25) is 0 Å². The fourth-order valence-electron chi connectivity index (χ4n) is 1.15. The second kappa shape index (κ2) is 4.09. The molecule has 0 bridgehead atoms. The highest BCUT2D eigenvalue weighted by Gasteiger charge is 2.16. The van der Waals surface area contributed by atoms with Gasteiger partial charge in [0.05, 0.1) is 23.8 Å². The van der Waals surface area contributed by atoms with Gasteiger partial charge in [0.1, 0.15) is 5.75 Å². The first-order chi connectivity index (χ1) is 6.56. The Hall–Kier alpha value is -1.57. The summed E-state index contributed by atoms with van der Waals surface area (Å²) in [5, 5.41) is 27.3. The second-order valence-corrected chi connectivity index (χ2v) is 3.15. The molecular formula is C10H12N2O2. The lowest BCUT2D eigenvalue weighted by molar-refractivity contribution is 0.163. The van der Waals surface area contributed by atoms with E-state index in [0.29, 0.717) is 11.1 Å². The number of benzene rings is 1. The summed E-state index contributed by atoms with van der Waals surface area (Å²) in [4.78, 5) is 0. The van der Waals surface area contributed by atoms with Crippen molar-refractivity contribution < 1.29 is 10.2 Å². The third kappa shape index (κ3) is 2.02. The van der Waals surface area contributed by atoms with Gasteiger partial charge >= 0.3 is 0 Å². The number of nitrogens with zero attached hydrogens (tertiary/aromatic N) is 1. The molecule has 0 fully saturated rings. The van der Waals surface area contributed by atoms with Crippen molar-refractivity contribution in [3.63, 3.8) is 0 Å². The van der Waals surface area contributed by atoms with Crippen LogP contribution in [-0.4, -0.2) is 16.3 Å². The molecule has 2 atom stereocenters. The molecule has 4 N–H and O–H groups in total. The molecule has 1 rings (SSSR count). The molecule has 0 radical (unpaired) electrons. The van der Waals surface area contributed by atoms with Crippen LogP contribution in [0.5, 0.6) is 5.75 Å². The highest BCUT2D eigenvalue weighted by atomic mass is 16.3. The number of hydrogen-bond donors (Lipinski definition) is 3. The molecule has 0 aliphatic heterocycles. The SMILES string of the molecule is CC(O)C(N)c1cc(C#N)ccc1O. The summed E-state index contributed by atoms with van der Waals surface area (Å²) in [5.41, 5.74) is 6.44. The summed E-state index contributed by atoms with van der Waals surface area (Å²) in [6, 6.07) is 5.63. The molecule has 0 heterocycles. The van der Waals surface area contributed by atoms with Crippen LogP contribution in [0.4, 0.5) is 0 Å². The standard InChI is InChI=1S/C10H12N2O2/c1-6(13)10(12)8-4-7(5-11)2-3-9(8)14/h2-4,6,10,13-14H,12H2,1H3. The number of rotatable bonds is 2. The molecule has 1 aromatic rings. The van der Waals surface area contributed by atoms with Gasteiger partial charge in [-0.3, -0.25) is 0 Å². The molecule has 0 saturated heterocycles. The van der Waals surface area contributed by atoms with Crippen molar-refractivity contribution in [2.45, 2.75) is 19.1 Å². The lowest BCUT2D eigenvalue weighted by Crippen LogP contribution is -2.23. The van der Waals surface area contributed by atoms with E-state index in [1.165, 1.54) is 25.1 Å². The molecule has 0 amide bonds. The highest BCUT2D eigenvalue weighted by Crippen LogP contribution is 2.25. The van der Waals surface area contributed by atoms with Crippen molar-refractivity contribution in [2.75, 3.05) is 0 Å². The van der Waals surface area contributed by atoms with Crippen molar-refractivity contribution in [1.82, 2.24) is 0 Å². The van der Waals surface area contributed by atoms with Crippen LogP contribution in [-0.2, 0) is 0 Å². The van der Waals surface area contributed by atoms with Gasteiger partial charge < -0.3 is 15.9 Å². The van der Waals surface area contributed by atoms with Crippen LogP contribution in [0.2, 0.25) is 0 Å².